The minimum atomic E-state index is 0.864. The fourth-order valence-electron chi connectivity index (χ4n) is 5.58. The number of fused-ring (bicyclic) bond motifs is 1. The first-order valence-corrected chi connectivity index (χ1v) is 13.8. The van der Waals surface area contributed by atoms with Crippen LogP contribution < -0.4 is 9.64 Å². The largest absolute Gasteiger partial charge is 0.497 e. The van der Waals surface area contributed by atoms with E-state index in [1.807, 2.05) is 12.1 Å². The standard InChI is InChI=1S/C37H33NO/c1-39-34-25-23-33(24-26-34)38(37-18-10-16-29-15-8-9-17-35(29)37)32-21-19-28(20-22-32)27-36(30-11-4-2-5-12-30)31-13-6-3-7-14-31/h2-7,10-14,16,18-27H,8-9,15,17H2,1H3. The number of aryl methyl sites for hydroxylation is 1. The Kier molecular flexibility index (Phi) is 7.27. The summed E-state index contributed by atoms with van der Waals surface area (Å²) < 4.78 is 5.45. The molecule has 6 rings (SSSR count). The Morgan fingerprint density at radius 2 is 1.21 bits per heavy atom. The van der Waals surface area contributed by atoms with Gasteiger partial charge in [-0.15, -0.1) is 0 Å². The fourth-order valence-corrected chi connectivity index (χ4v) is 5.58. The molecule has 1 aliphatic carbocycles. The van der Waals surface area contributed by atoms with Crippen LogP contribution in [0.4, 0.5) is 17.1 Å². The van der Waals surface area contributed by atoms with E-state index in [1.165, 1.54) is 51.9 Å². The molecule has 192 valence electrons. The zero-order valence-corrected chi connectivity index (χ0v) is 22.4. The molecule has 0 bridgehead atoms. The van der Waals surface area contributed by atoms with Gasteiger partial charge in [0.25, 0.3) is 0 Å². The molecule has 2 nitrogen and oxygen atoms in total. The molecule has 0 atom stereocenters. The lowest BCUT2D eigenvalue weighted by molar-refractivity contribution is 0.415. The average Bonchev–Trinajstić information content (AvgIpc) is 3.02. The Hall–Kier alpha value is -4.56. The molecule has 0 saturated carbocycles. The van der Waals surface area contributed by atoms with Gasteiger partial charge in [0.15, 0.2) is 0 Å². The van der Waals surface area contributed by atoms with E-state index in [0.29, 0.717) is 0 Å². The number of hydrogen-bond donors (Lipinski definition) is 0. The van der Waals surface area contributed by atoms with Gasteiger partial charge in [-0.3, -0.25) is 0 Å². The van der Waals surface area contributed by atoms with Gasteiger partial charge in [-0.2, -0.15) is 0 Å². The van der Waals surface area contributed by atoms with Crippen molar-refractivity contribution >= 4 is 28.7 Å². The number of benzene rings is 5. The summed E-state index contributed by atoms with van der Waals surface area (Å²) in [6, 6.07) is 45.3. The molecule has 0 amide bonds. The summed E-state index contributed by atoms with van der Waals surface area (Å²) in [6.45, 7) is 0. The van der Waals surface area contributed by atoms with Gasteiger partial charge in [-0.25, -0.2) is 0 Å². The third kappa shape index (κ3) is 5.37. The van der Waals surface area contributed by atoms with Crippen molar-refractivity contribution < 1.29 is 4.74 Å². The molecule has 0 unspecified atom stereocenters. The first-order valence-electron chi connectivity index (χ1n) is 13.8. The van der Waals surface area contributed by atoms with Gasteiger partial charge in [-0.1, -0.05) is 84.9 Å². The lowest BCUT2D eigenvalue weighted by Crippen LogP contribution is -2.15. The summed E-state index contributed by atoms with van der Waals surface area (Å²) in [5.74, 6) is 0.864. The molecule has 1 aliphatic rings. The van der Waals surface area contributed by atoms with Crippen LogP contribution in [0.15, 0.2) is 127 Å². The summed E-state index contributed by atoms with van der Waals surface area (Å²) in [6.07, 6.45) is 7.08. The normalized spacial score (nSPS) is 12.3. The maximum Gasteiger partial charge on any atom is 0.119 e. The van der Waals surface area contributed by atoms with Gasteiger partial charge >= 0.3 is 0 Å². The molecule has 0 aliphatic heterocycles. The molecule has 2 heteroatoms. The zero-order chi connectivity index (χ0) is 26.4. The third-order valence-electron chi connectivity index (χ3n) is 7.57. The average molecular weight is 508 g/mol. The van der Waals surface area contributed by atoms with E-state index in [2.05, 4.69) is 126 Å². The molecule has 5 aromatic carbocycles. The number of nitrogens with zero attached hydrogens (tertiary/aromatic N) is 1. The maximum absolute atomic E-state index is 5.45. The molecule has 0 spiro atoms. The molecule has 0 saturated heterocycles. The van der Waals surface area contributed by atoms with Crippen molar-refractivity contribution in [2.45, 2.75) is 25.7 Å². The van der Waals surface area contributed by atoms with Crippen LogP contribution in [0.25, 0.3) is 11.6 Å². The number of ether oxygens (including phenoxy) is 1. The van der Waals surface area contributed by atoms with E-state index < -0.39 is 0 Å². The molecular weight excluding hydrogens is 474 g/mol. The lowest BCUT2D eigenvalue weighted by atomic mass is 9.90. The van der Waals surface area contributed by atoms with Crippen molar-refractivity contribution in [1.29, 1.82) is 0 Å². The Bertz CT molecular complexity index is 1510. The van der Waals surface area contributed by atoms with Crippen LogP contribution in [-0.4, -0.2) is 7.11 Å². The van der Waals surface area contributed by atoms with Crippen molar-refractivity contribution in [3.05, 3.63) is 155 Å². The second kappa shape index (κ2) is 11.4. The van der Waals surface area contributed by atoms with Crippen molar-refractivity contribution in [3.8, 4) is 5.75 Å². The second-order valence-electron chi connectivity index (χ2n) is 10.0. The molecule has 0 N–H and O–H groups in total. The number of methoxy groups -OCH3 is 1. The van der Waals surface area contributed by atoms with Crippen LogP contribution in [0.3, 0.4) is 0 Å². The van der Waals surface area contributed by atoms with Crippen LogP contribution in [0.2, 0.25) is 0 Å². The smallest absolute Gasteiger partial charge is 0.119 e. The van der Waals surface area contributed by atoms with Gasteiger partial charge < -0.3 is 9.64 Å². The van der Waals surface area contributed by atoms with Gasteiger partial charge in [0.05, 0.1) is 7.11 Å². The third-order valence-corrected chi connectivity index (χ3v) is 7.57. The topological polar surface area (TPSA) is 12.5 Å². The van der Waals surface area contributed by atoms with E-state index in [4.69, 9.17) is 4.74 Å². The minimum Gasteiger partial charge on any atom is -0.497 e. The number of rotatable bonds is 7. The minimum absolute atomic E-state index is 0.864. The van der Waals surface area contributed by atoms with Crippen LogP contribution >= 0.6 is 0 Å². The van der Waals surface area contributed by atoms with Crippen molar-refractivity contribution in [1.82, 2.24) is 0 Å². The lowest BCUT2D eigenvalue weighted by Gasteiger charge is -2.30. The molecule has 5 aromatic rings. The first kappa shape index (κ1) is 24.8. The van der Waals surface area contributed by atoms with E-state index in [0.717, 1.165) is 30.0 Å². The molecule has 0 fully saturated rings. The summed E-state index contributed by atoms with van der Waals surface area (Å²) in [7, 11) is 1.71. The predicted octanol–water partition coefficient (Wildman–Crippen LogP) is 9.63. The van der Waals surface area contributed by atoms with E-state index in [1.54, 1.807) is 7.11 Å². The second-order valence-corrected chi connectivity index (χ2v) is 10.0. The maximum atomic E-state index is 5.45. The molecule has 39 heavy (non-hydrogen) atoms. The Morgan fingerprint density at radius 3 is 1.82 bits per heavy atom. The highest BCUT2D eigenvalue weighted by Gasteiger charge is 2.20. The summed E-state index contributed by atoms with van der Waals surface area (Å²) in [5, 5.41) is 0. The quantitative estimate of drug-likeness (QED) is 0.203. The predicted molar refractivity (Wildman–Crippen MR) is 164 cm³/mol. The van der Waals surface area contributed by atoms with Crippen molar-refractivity contribution in [3.63, 3.8) is 0 Å². The zero-order valence-electron chi connectivity index (χ0n) is 22.4. The highest BCUT2D eigenvalue weighted by molar-refractivity contribution is 5.91. The van der Waals surface area contributed by atoms with Crippen LogP contribution in [0.1, 0.15) is 40.7 Å². The highest BCUT2D eigenvalue weighted by atomic mass is 16.5. The van der Waals surface area contributed by atoms with Crippen LogP contribution in [0.5, 0.6) is 5.75 Å². The van der Waals surface area contributed by atoms with Crippen LogP contribution in [0, 0.1) is 0 Å². The fraction of sp³-hybridized carbons (Fsp3) is 0.135. The molecular formula is C37H33NO. The van der Waals surface area contributed by atoms with Gasteiger partial charge in [0.2, 0.25) is 0 Å². The van der Waals surface area contributed by atoms with Crippen LogP contribution in [-0.2, 0) is 12.8 Å². The highest BCUT2D eigenvalue weighted by Crippen LogP contribution is 2.40. The molecule has 0 radical (unpaired) electrons. The summed E-state index contributed by atoms with van der Waals surface area (Å²) >= 11 is 0. The molecule has 0 heterocycles. The van der Waals surface area contributed by atoms with Crippen molar-refractivity contribution in [2.75, 3.05) is 12.0 Å². The van der Waals surface area contributed by atoms with Gasteiger partial charge in [0, 0.05) is 17.1 Å². The first-order chi connectivity index (χ1) is 19.3. The number of hydrogen-bond acceptors (Lipinski definition) is 2. The van der Waals surface area contributed by atoms with Crippen molar-refractivity contribution in [2.24, 2.45) is 0 Å². The Morgan fingerprint density at radius 1 is 0.615 bits per heavy atom. The number of anilines is 3. The van der Waals surface area contributed by atoms with E-state index in [-0.39, 0.29) is 0 Å². The summed E-state index contributed by atoms with van der Waals surface area (Å²) in [5.41, 5.74) is 11.3. The Labute approximate surface area is 231 Å². The SMILES string of the molecule is COc1ccc(N(c2ccc(C=C(c3ccccc3)c3ccccc3)cc2)c2cccc3c2CCCC3)cc1. The van der Waals surface area contributed by atoms with Gasteiger partial charge in [0.1, 0.15) is 5.75 Å². The van der Waals surface area contributed by atoms with E-state index >= 15 is 0 Å². The van der Waals surface area contributed by atoms with Gasteiger partial charge in [-0.05, 0) is 108 Å². The molecule has 0 aromatic heterocycles. The Balaban J connectivity index is 1.42. The van der Waals surface area contributed by atoms with E-state index in [9.17, 15) is 0 Å². The summed E-state index contributed by atoms with van der Waals surface area (Å²) in [4.78, 5) is 2.40. The monoisotopic (exact) mass is 507 g/mol.